The van der Waals surface area contributed by atoms with E-state index < -0.39 is 23.3 Å². The molecule has 1 aliphatic heterocycles. The van der Waals surface area contributed by atoms with Gasteiger partial charge in [0.05, 0.1) is 27.5 Å². The topological polar surface area (TPSA) is 80.5 Å². The molecule has 6 nitrogen and oxygen atoms in total. The Balaban J connectivity index is 1.39. The van der Waals surface area contributed by atoms with E-state index in [1.165, 1.54) is 42.1 Å². The van der Waals surface area contributed by atoms with Gasteiger partial charge < -0.3 is 4.74 Å². The van der Waals surface area contributed by atoms with Crippen LogP contribution in [0, 0.1) is 5.82 Å². The van der Waals surface area contributed by atoms with E-state index >= 15 is 0 Å². The van der Waals surface area contributed by atoms with Gasteiger partial charge in [-0.1, -0.05) is 29.1 Å². The molecule has 1 aromatic heterocycles. The maximum absolute atomic E-state index is 14.3. The third kappa shape index (κ3) is 4.66. The number of rotatable bonds is 5. The van der Waals surface area contributed by atoms with Crippen molar-refractivity contribution in [1.82, 2.24) is 10.1 Å². The molecule has 3 aromatic rings. The number of aliphatic imine (C=N–C) groups is 1. The molecule has 31 heavy (non-hydrogen) atoms. The number of aromatic nitrogens is 2. The number of nitrogens with zero attached hydrogens (tertiary/aromatic N) is 2. The molecule has 4 rings (SSSR count). The van der Waals surface area contributed by atoms with Crippen LogP contribution in [0.3, 0.4) is 0 Å². The Kier molecular flexibility index (Phi) is 5.61. The normalized spacial score (nSPS) is 18.8. The molecule has 0 saturated carbocycles. The van der Waals surface area contributed by atoms with Crippen molar-refractivity contribution in [2.45, 2.75) is 24.4 Å². The number of ether oxygens (including phenoxy) is 1. The average molecular weight is 453 g/mol. The molecule has 11 heteroatoms. The fraction of sp³-hybridized carbons (Fsp3) is 0.250. The molecule has 0 radical (unpaired) electrons. The molecular formula is C20H15F4N3O3S. The van der Waals surface area contributed by atoms with Crippen LogP contribution >= 0.6 is 11.8 Å². The summed E-state index contributed by atoms with van der Waals surface area (Å²) < 4.78 is 62.6. The van der Waals surface area contributed by atoms with Gasteiger partial charge in [-0.25, -0.2) is 9.18 Å². The molecule has 0 bridgehead atoms. The number of hydrogen-bond donors (Lipinski definition) is 1. The van der Waals surface area contributed by atoms with Crippen LogP contribution in [0.4, 0.5) is 17.6 Å². The van der Waals surface area contributed by atoms with E-state index in [9.17, 15) is 22.4 Å². The first kappa shape index (κ1) is 21.2. The van der Waals surface area contributed by atoms with Crippen LogP contribution < -0.4 is 10.5 Å². The molecule has 1 N–H and O–H groups in total. The molecule has 2 unspecified atom stereocenters. The Morgan fingerprint density at radius 2 is 1.94 bits per heavy atom. The van der Waals surface area contributed by atoms with Crippen LogP contribution in [0.25, 0.3) is 11.4 Å². The van der Waals surface area contributed by atoms with Crippen LogP contribution in [0.15, 0.2) is 56.8 Å². The van der Waals surface area contributed by atoms with Gasteiger partial charge >= 0.3 is 11.9 Å². The fourth-order valence-corrected chi connectivity index (χ4v) is 4.14. The highest BCUT2D eigenvalue weighted by Gasteiger charge is 2.32. The fourth-order valence-electron chi connectivity index (χ4n) is 2.96. The Hall–Kier alpha value is -3.08. The molecule has 0 amide bonds. The number of benzene rings is 2. The number of thioether (sulfide) groups is 1. The first-order valence-electron chi connectivity index (χ1n) is 9.11. The summed E-state index contributed by atoms with van der Waals surface area (Å²) in [6, 6.07) is 8.83. The van der Waals surface area contributed by atoms with Crippen molar-refractivity contribution in [3.05, 3.63) is 70.0 Å². The number of aromatic amines is 1. The Labute approximate surface area is 177 Å². The smallest absolute Gasteiger partial charge is 0.439 e. The minimum atomic E-state index is -4.39. The Morgan fingerprint density at radius 3 is 2.55 bits per heavy atom. The first-order chi connectivity index (χ1) is 14.7. The summed E-state index contributed by atoms with van der Waals surface area (Å²) >= 11 is 1.40. The summed E-state index contributed by atoms with van der Waals surface area (Å²) in [7, 11) is 0. The van der Waals surface area contributed by atoms with Gasteiger partial charge in [-0.15, -0.1) is 0 Å². The number of halogens is 4. The van der Waals surface area contributed by atoms with Crippen LogP contribution in [-0.4, -0.2) is 33.1 Å². The van der Waals surface area contributed by atoms with Gasteiger partial charge in [0.25, 0.3) is 0 Å². The average Bonchev–Trinajstić information content (AvgIpc) is 3.31. The van der Waals surface area contributed by atoms with Crippen molar-refractivity contribution in [2.75, 3.05) is 6.61 Å². The zero-order valence-corrected chi connectivity index (χ0v) is 16.8. The molecule has 2 heterocycles. The summed E-state index contributed by atoms with van der Waals surface area (Å²) in [5.74, 6) is -1.17. The quantitative estimate of drug-likeness (QED) is 0.575. The lowest BCUT2D eigenvalue weighted by molar-refractivity contribution is -0.137. The SMILES string of the molecule is CC1N=C(c2ccc(C(F)(F)F)cc2)SC1COc1ccc(-c2noc(=O)[nH]2)c(F)c1. The molecule has 2 aromatic carbocycles. The second-order valence-electron chi connectivity index (χ2n) is 6.80. The van der Waals surface area contributed by atoms with Crippen molar-refractivity contribution in [3.63, 3.8) is 0 Å². The lowest BCUT2D eigenvalue weighted by Gasteiger charge is -2.15. The van der Waals surface area contributed by atoms with E-state index in [1.807, 2.05) is 6.92 Å². The minimum absolute atomic E-state index is 0.0244. The third-order valence-corrected chi connectivity index (χ3v) is 6.03. The van der Waals surface area contributed by atoms with Crippen molar-refractivity contribution < 1.29 is 26.8 Å². The van der Waals surface area contributed by atoms with Crippen LogP contribution in [-0.2, 0) is 6.18 Å². The van der Waals surface area contributed by atoms with Crippen LogP contribution in [0.2, 0.25) is 0 Å². The monoisotopic (exact) mass is 453 g/mol. The number of H-pyrrole nitrogens is 1. The summed E-state index contributed by atoms with van der Waals surface area (Å²) in [4.78, 5) is 17.8. The van der Waals surface area contributed by atoms with Crippen molar-refractivity contribution in [3.8, 4) is 17.1 Å². The summed E-state index contributed by atoms with van der Waals surface area (Å²) in [5, 5.41) is 3.99. The van der Waals surface area contributed by atoms with Crippen molar-refractivity contribution >= 4 is 16.8 Å². The third-order valence-electron chi connectivity index (χ3n) is 4.63. The minimum Gasteiger partial charge on any atom is -0.492 e. The number of hydrogen-bond acceptors (Lipinski definition) is 6. The second kappa shape index (κ2) is 8.22. The van der Waals surface area contributed by atoms with E-state index in [1.54, 1.807) is 0 Å². The summed E-state index contributed by atoms with van der Waals surface area (Å²) in [6.07, 6.45) is -4.39. The predicted molar refractivity (Wildman–Crippen MR) is 107 cm³/mol. The highest BCUT2D eigenvalue weighted by molar-refractivity contribution is 8.15. The zero-order chi connectivity index (χ0) is 22.2. The van der Waals surface area contributed by atoms with E-state index in [4.69, 9.17) is 4.74 Å². The number of alkyl halides is 3. The van der Waals surface area contributed by atoms with Gasteiger partial charge in [-0.2, -0.15) is 13.2 Å². The van der Waals surface area contributed by atoms with Gasteiger partial charge in [0.1, 0.15) is 18.2 Å². The highest BCUT2D eigenvalue weighted by atomic mass is 32.2. The van der Waals surface area contributed by atoms with Gasteiger partial charge in [0, 0.05) is 11.6 Å². The lowest BCUT2D eigenvalue weighted by atomic mass is 10.1. The van der Waals surface area contributed by atoms with Gasteiger partial charge in [-0.05, 0) is 31.2 Å². The Bertz CT molecular complexity index is 1170. The Morgan fingerprint density at radius 1 is 1.19 bits per heavy atom. The maximum atomic E-state index is 14.3. The van der Waals surface area contributed by atoms with Gasteiger partial charge in [0.2, 0.25) is 0 Å². The summed E-state index contributed by atoms with van der Waals surface area (Å²) in [5.41, 5.74) is -0.0490. The standard InChI is InChI=1S/C20H15F4N3O3S/c1-10-16(31-18(25-10)11-2-4-12(5-3-11)20(22,23)24)9-29-13-6-7-14(15(21)8-13)17-26-19(28)30-27-17/h2-8,10,16H,9H2,1H3,(H,26,27,28). The van der Waals surface area contributed by atoms with E-state index in [0.29, 0.717) is 10.6 Å². The zero-order valence-electron chi connectivity index (χ0n) is 15.9. The first-order valence-corrected chi connectivity index (χ1v) is 9.99. The van der Waals surface area contributed by atoms with E-state index in [0.717, 1.165) is 12.1 Å². The second-order valence-corrected chi connectivity index (χ2v) is 8.03. The largest absolute Gasteiger partial charge is 0.492 e. The van der Waals surface area contributed by atoms with E-state index in [-0.39, 0.29) is 35.0 Å². The van der Waals surface area contributed by atoms with Crippen LogP contribution in [0.5, 0.6) is 5.75 Å². The predicted octanol–water partition coefficient (Wildman–Crippen LogP) is 4.52. The molecule has 0 saturated heterocycles. The molecular weight excluding hydrogens is 438 g/mol. The summed E-state index contributed by atoms with van der Waals surface area (Å²) in [6.45, 7) is 2.10. The van der Waals surface area contributed by atoms with E-state index in [2.05, 4.69) is 19.7 Å². The molecule has 0 spiro atoms. The highest BCUT2D eigenvalue weighted by Crippen LogP contribution is 2.34. The molecule has 2 atom stereocenters. The maximum Gasteiger partial charge on any atom is 0.439 e. The molecule has 0 aliphatic carbocycles. The molecule has 1 aliphatic rings. The molecule has 0 fully saturated rings. The van der Waals surface area contributed by atoms with Crippen LogP contribution in [0.1, 0.15) is 18.1 Å². The number of nitrogens with one attached hydrogen (secondary N) is 1. The van der Waals surface area contributed by atoms with Crippen molar-refractivity contribution in [2.24, 2.45) is 4.99 Å². The van der Waals surface area contributed by atoms with Gasteiger partial charge in [-0.3, -0.25) is 14.5 Å². The van der Waals surface area contributed by atoms with Gasteiger partial charge in [0.15, 0.2) is 5.82 Å². The van der Waals surface area contributed by atoms with Crippen molar-refractivity contribution in [1.29, 1.82) is 0 Å². The molecule has 162 valence electrons. The lowest BCUT2D eigenvalue weighted by Crippen LogP contribution is -2.22.